The quantitative estimate of drug-likeness (QED) is 0.425. The first-order chi connectivity index (χ1) is 8.43. The maximum atomic E-state index is 5.98. The second-order valence-corrected chi connectivity index (χ2v) is 5.00. The summed E-state index contributed by atoms with van der Waals surface area (Å²) in [5, 5.41) is 0.406. The van der Waals surface area contributed by atoms with Crippen LogP contribution in [0.1, 0.15) is 0 Å². The van der Waals surface area contributed by atoms with Gasteiger partial charge in [0.15, 0.2) is 12.0 Å². The summed E-state index contributed by atoms with van der Waals surface area (Å²) in [6, 6.07) is 0. The van der Waals surface area contributed by atoms with Gasteiger partial charge in [0.25, 0.3) is 0 Å². The minimum atomic E-state index is -0.564. The summed E-state index contributed by atoms with van der Waals surface area (Å²) < 4.78 is 15.3. The highest BCUT2D eigenvalue weighted by atomic mass is 35.5. The molecule has 0 saturated carbocycles. The second kappa shape index (κ2) is 7.25. The van der Waals surface area contributed by atoms with Crippen LogP contribution in [-0.2, 0) is 9.47 Å². The molecule has 1 aromatic rings. The third-order valence-electron chi connectivity index (χ3n) is 2.06. The van der Waals surface area contributed by atoms with Crippen molar-refractivity contribution in [2.45, 2.75) is 6.29 Å². The molecular formula is C10H9Cl5O3. The molecule has 1 aromatic carbocycles. The topological polar surface area (TPSA) is 27.7 Å². The summed E-state index contributed by atoms with van der Waals surface area (Å²) in [5.74, 6) is 0.136. The highest BCUT2D eigenvalue weighted by molar-refractivity contribution is 6.55. The molecule has 18 heavy (non-hydrogen) atoms. The van der Waals surface area contributed by atoms with Crippen LogP contribution in [-0.4, -0.2) is 27.1 Å². The Bertz CT molecular complexity index is 405. The van der Waals surface area contributed by atoms with Gasteiger partial charge in [0.2, 0.25) is 0 Å². The van der Waals surface area contributed by atoms with Crippen LogP contribution in [0.4, 0.5) is 0 Å². The van der Waals surface area contributed by atoms with Crippen molar-refractivity contribution in [1.82, 2.24) is 0 Å². The van der Waals surface area contributed by atoms with Gasteiger partial charge < -0.3 is 14.2 Å². The van der Waals surface area contributed by atoms with Crippen LogP contribution in [0.5, 0.6) is 5.75 Å². The fourth-order valence-corrected chi connectivity index (χ4v) is 2.33. The lowest BCUT2D eigenvalue weighted by molar-refractivity contribution is -0.121. The Morgan fingerprint density at radius 2 is 1.17 bits per heavy atom. The van der Waals surface area contributed by atoms with Crippen LogP contribution in [0.2, 0.25) is 25.1 Å². The molecule has 0 radical (unpaired) electrons. The molecule has 0 aliphatic rings. The van der Waals surface area contributed by atoms with Crippen LogP contribution < -0.4 is 4.74 Å². The maximum Gasteiger partial charge on any atom is 0.191 e. The minimum Gasteiger partial charge on any atom is -0.485 e. The molecule has 0 aliphatic carbocycles. The van der Waals surface area contributed by atoms with Gasteiger partial charge in [-0.2, -0.15) is 0 Å². The molecule has 8 heteroatoms. The third-order valence-corrected chi connectivity index (χ3v) is 4.30. The molecule has 0 N–H and O–H groups in total. The van der Waals surface area contributed by atoms with Gasteiger partial charge in [-0.05, 0) is 0 Å². The Balaban J connectivity index is 3.03. The van der Waals surface area contributed by atoms with Crippen molar-refractivity contribution in [3.8, 4) is 5.75 Å². The molecule has 3 nitrogen and oxygen atoms in total. The standard InChI is InChI=1S/C10H9Cl5O3/c1-16-4(17-2)3-18-10-8(14)6(12)5(11)7(13)9(10)15/h4H,3H2,1-2H3. The lowest BCUT2D eigenvalue weighted by Crippen LogP contribution is -2.22. The van der Waals surface area contributed by atoms with Gasteiger partial charge in [-0.1, -0.05) is 58.0 Å². The van der Waals surface area contributed by atoms with Crippen molar-refractivity contribution >= 4 is 58.0 Å². The third kappa shape index (κ3) is 3.48. The van der Waals surface area contributed by atoms with Gasteiger partial charge in [0, 0.05) is 14.2 Å². The molecule has 102 valence electrons. The van der Waals surface area contributed by atoms with Crippen molar-refractivity contribution in [2.75, 3.05) is 20.8 Å². The largest absolute Gasteiger partial charge is 0.485 e. The van der Waals surface area contributed by atoms with Crippen molar-refractivity contribution < 1.29 is 14.2 Å². The number of methoxy groups -OCH3 is 2. The lowest BCUT2D eigenvalue weighted by Gasteiger charge is -2.17. The summed E-state index contributed by atoms with van der Waals surface area (Å²) in [6.45, 7) is 0.0702. The zero-order chi connectivity index (χ0) is 13.9. The zero-order valence-electron chi connectivity index (χ0n) is 9.40. The highest BCUT2D eigenvalue weighted by Crippen LogP contribution is 2.48. The molecule has 0 heterocycles. The van der Waals surface area contributed by atoms with E-state index in [9.17, 15) is 0 Å². The Kier molecular flexibility index (Phi) is 6.62. The molecule has 0 fully saturated rings. The predicted octanol–water partition coefficient (Wildman–Crippen LogP) is 4.95. The fraction of sp³-hybridized carbons (Fsp3) is 0.400. The van der Waals surface area contributed by atoms with Crippen LogP contribution in [0.25, 0.3) is 0 Å². The second-order valence-electron chi connectivity index (χ2n) is 3.11. The number of hydrogen-bond donors (Lipinski definition) is 0. The van der Waals surface area contributed by atoms with E-state index in [4.69, 9.17) is 72.2 Å². The monoisotopic (exact) mass is 352 g/mol. The average Bonchev–Trinajstić information content (AvgIpc) is 2.38. The van der Waals surface area contributed by atoms with Gasteiger partial charge in [-0.25, -0.2) is 0 Å². The Hall–Kier alpha value is 0.390. The van der Waals surface area contributed by atoms with Gasteiger partial charge in [-0.15, -0.1) is 0 Å². The summed E-state index contributed by atoms with van der Waals surface area (Å²) in [5.41, 5.74) is 0. The van der Waals surface area contributed by atoms with Gasteiger partial charge in [-0.3, -0.25) is 0 Å². The lowest BCUT2D eigenvalue weighted by atomic mass is 10.3. The van der Waals surface area contributed by atoms with Crippen LogP contribution in [0, 0.1) is 0 Å². The maximum absolute atomic E-state index is 5.98. The predicted molar refractivity (Wildman–Crippen MR) is 74.8 cm³/mol. The van der Waals surface area contributed by atoms with E-state index in [1.165, 1.54) is 14.2 Å². The Morgan fingerprint density at radius 1 is 0.778 bits per heavy atom. The highest BCUT2D eigenvalue weighted by Gasteiger charge is 2.21. The van der Waals surface area contributed by atoms with Crippen molar-refractivity contribution in [2.24, 2.45) is 0 Å². The smallest absolute Gasteiger partial charge is 0.191 e. The van der Waals surface area contributed by atoms with Crippen LogP contribution in [0.15, 0.2) is 0 Å². The first kappa shape index (κ1) is 16.4. The molecule has 0 atom stereocenters. The molecule has 0 bridgehead atoms. The number of rotatable bonds is 5. The molecule has 0 amide bonds. The SMILES string of the molecule is COC(COc1c(Cl)c(Cl)c(Cl)c(Cl)c1Cl)OC. The molecule has 0 saturated heterocycles. The summed E-state index contributed by atoms with van der Waals surface area (Å²) in [6.07, 6.45) is -0.564. The van der Waals surface area contributed by atoms with E-state index in [1.54, 1.807) is 0 Å². The minimum absolute atomic E-state index is 0.0702. The normalized spacial score (nSPS) is 11.1. The van der Waals surface area contributed by atoms with Crippen LogP contribution >= 0.6 is 58.0 Å². The molecule has 0 aliphatic heterocycles. The number of halogens is 5. The van der Waals surface area contributed by atoms with E-state index in [2.05, 4.69) is 0 Å². The number of hydrogen-bond acceptors (Lipinski definition) is 3. The number of ether oxygens (including phenoxy) is 3. The van der Waals surface area contributed by atoms with E-state index in [0.717, 1.165) is 0 Å². The summed E-state index contributed by atoms with van der Waals surface area (Å²) in [7, 11) is 2.95. The van der Waals surface area contributed by atoms with Crippen molar-refractivity contribution in [1.29, 1.82) is 0 Å². The first-order valence-corrected chi connectivity index (χ1v) is 6.52. The van der Waals surface area contributed by atoms with E-state index in [0.29, 0.717) is 0 Å². The van der Waals surface area contributed by atoms with Crippen LogP contribution in [0.3, 0.4) is 0 Å². The molecule has 0 unspecified atom stereocenters. The Labute approximate surface area is 130 Å². The first-order valence-electron chi connectivity index (χ1n) is 4.63. The molecule has 0 spiro atoms. The van der Waals surface area contributed by atoms with Crippen molar-refractivity contribution in [3.63, 3.8) is 0 Å². The van der Waals surface area contributed by atoms with E-state index in [1.807, 2.05) is 0 Å². The van der Waals surface area contributed by atoms with E-state index < -0.39 is 6.29 Å². The zero-order valence-corrected chi connectivity index (χ0v) is 13.2. The summed E-state index contributed by atoms with van der Waals surface area (Å²) in [4.78, 5) is 0. The van der Waals surface area contributed by atoms with Gasteiger partial charge >= 0.3 is 0 Å². The van der Waals surface area contributed by atoms with Gasteiger partial charge in [0.1, 0.15) is 16.7 Å². The fourth-order valence-electron chi connectivity index (χ4n) is 1.10. The molecule has 1 rings (SSSR count). The Morgan fingerprint density at radius 3 is 1.56 bits per heavy atom. The summed E-state index contributed by atoms with van der Waals surface area (Å²) >= 11 is 29.6. The molecular weight excluding hydrogens is 345 g/mol. The van der Waals surface area contributed by atoms with E-state index >= 15 is 0 Å². The van der Waals surface area contributed by atoms with Crippen molar-refractivity contribution in [3.05, 3.63) is 25.1 Å². The van der Waals surface area contributed by atoms with E-state index in [-0.39, 0.29) is 37.5 Å². The number of benzene rings is 1. The van der Waals surface area contributed by atoms with Gasteiger partial charge in [0.05, 0.1) is 15.1 Å². The molecule has 0 aromatic heterocycles. The average molecular weight is 354 g/mol.